The minimum Gasteiger partial charge on any atom is -0.102 e. The number of hydrogen-bond donors (Lipinski definition) is 0. The highest BCUT2D eigenvalue weighted by Crippen LogP contribution is 2.25. The number of benzene rings is 1. The van der Waals surface area contributed by atoms with Crippen molar-refractivity contribution in [2.45, 2.75) is 58.8 Å². The highest BCUT2D eigenvalue weighted by Gasteiger charge is 2.11. The van der Waals surface area contributed by atoms with Crippen LogP contribution in [0.5, 0.6) is 0 Å². The SMILES string of the molecule is C=CC(Cc1ccc(CCCC)cc1)C(=C)CCC=C(C=CCC)C1C=CC=C1. The molecule has 0 saturated heterocycles. The van der Waals surface area contributed by atoms with Crippen molar-refractivity contribution >= 4 is 0 Å². The van der Waals surface area contributed by atoms with Crippen LogP contribution in [0.15, 0.2) is 97.2 Å². The van der Waals surface area contributed by atoms with E-state index in [1.807, 2.05) is 0 Å². The fourth-order valence-corrected chi connectivity index (χ4v) is 3.70. The molecule has 1 aliphatic rings. The number of hydrogen-bond acceptors (Lipinski definition) is 0. The van der Waals surface area contributed by atoms with Crippen LogP contribution in [-0.4, -0.2) is 0 Å². The predicted octanol–water partition coefficient (Wildman–Crippen LogP) is 8.35. The summed E-state index contributed by atoms with van der Waals surface area (Å²) >= 11 is 0. The van der Waals surface area contributed by atoms with Gasteiger partial charge in [0, 0.05) is 11.8 Å². The zero-order chi connectivity index (χ0) is 20.9. The molecule has 0 fully saturated rings. The second-order valence-electron chi connectivity index (χ2n) is 7.97. The van der Waals surface area contributed by atoms with Crippen LogP contribution in [0.1, 0.15) is 57.1 Å². The maximum Gasteiger partial charge on any atom is 0.0201 e. The minimum atomic E-state index is 0.339. The molecule has 0 amide bonds. The Morgan fingerprint density at radius 2 is 1.76 bits per heavy atom. The van der Waals surface area contributed by atoms with Crippen molar-refractivity contribution < 1.29 is 0 Å². The summed E-state index contributed by atoms with van der Waals surface area (Å²) in [5.74, 6) is 0.762. The molecule has 0 bridgehead atoms. The van der Waals surface area contributed by atoms with E-state index in [1.165, 1.54) is 41.5 Å². The molecule has 0 spiro atoms. The first-order valence-electron chi connectivity index (χ1n) is 11.3. The summed E-state index contributed by atoms with van der Waals surface area (Å²) in [6.45, 7) is 12.9. The van der Waals surface area contributed by atoms with Gasteiger partial charge in [-0.05, 0) is 55.2 Å². The summed E-state index contributed by atoms with van der Waals surface area (Å²) in [6.07, 6.45) is 25.6. The Balaban J connectivity index is 1.91. The standard InChI is InChI=1S/C29H38/c1-5-8-14-25-19-21-26(22-20-25)23-27(7-3)24(4)13-12-18-28(15-9-6-2)29-16-10-11-17-29/h7,9-11,15-22,27,29H,3-6,8,12-14,23H2,1-2H3. The summed E-state index contributed by atoms with van der Waals surface area (Å²) in [5, 5.41) is 0. The van der Waals surface area contributed by atoms with Gasteiger partial charge in [0.2, 0.25) is 0 Å². The molecule has 0 saturated carbocycles. The van der Waals surface area contributed by atoms with Crippen molar-refractivity contribution in [2.24, 2.45) is 11.8 Å². The average molecular weight is 387 g/mol. The van der Waals surface area contributed by atoms with Gasteiger partial charge < -0.3 is 0 Å². The van der Waals surface area contributed by atoms with E-state index in [2.05, 4.69) is 99.9 Å². The normalized spacial score (nSPS) is 15.3. The van der Waals surface area contributed by atoms with Crippen LogP contribution >= 0.6 is 0 Å². The molecular weight excluding hydrogens is 348 g/mol. The van der Waals surface area contributed by atoms with Crippen LogP contribution in [0, 0.1) is 11.8 Å². The Hall–Kier alpha value is -2.34. The van der Waals surface area contributed by atoms with Crippen LogP contribution in [-0.2, 0) is 12.8 Å². The van der Waals surface area contributed by atoms with Crippen LogP contribution in [0.25, 0.3) is 0 Å². The first kappa shape index (κ1) is 22.9. The van der Waals surface area contributed by atoms with Gasteiger partial charge in [-0.1, -0.05) is 105 Å². The zero-order valence-corrected chi connectivity index (χ0v) is 18.4. The lowest BCUT2D eigenvalue weighted by atomic mass is 9.89. The van der Waals surface area contributed by atoms with Crippen molar-refractivity contribution in [1.82, 2.24) is 0 Å². The van der Waals surface area contributed by atoms with Crippen molar-refractivity contribution in [2.75, 3.05) is 0 Å². The largest absolute Gasteiger partial charge is 0.102 e. The van der Waals surface area contributed by atoms with Gasteiger partial charge in [0.25, 0.3) is 0 Å². The Kier molecular flexibility index (Phi) is 10.3. The lowest BCUT2D eigenvalue weighted by Crippen LogP contribution is -2.04. The fourth-order valence-electron chi connectivity index (χ4n) is 3.70. The van der Waals surface area contributed by atoms with E-state index in [0.717, 1.165) is 25.7 Å². The number of allylic oxidation sites excluding steroid dienone is 10. The van der Waals surface area contributed by atoms with Gasteiger partial charge in [-0.15, -0.1) is 6.58 Å². The van der Waals surface area contributed by atoms with Crippen molar-refractivity contribution in [3.63, 3.8) is 0 Å². The van der Waals surface area contributed by atoms with E-state index in [0.29, 0.717) is 11.8 Å². The van der Waals surface area contributed by atoms with Gasteiger partial charge in [-0.2, -0.15) is 0 Å². The number of aryl methyl sites for hydroxylation is 1. The third kappa shape index (κ3) is 7.89. The molecule has 0 aromatic heterocycles. The monoisotopic (exact) mass is 386 g/mol. The molecule has 0 aliphatic heterocycles. The molecule has 0 N–H and O–H groups in total. The lowest BCUT2D eigenvalue weighted by Gasteiger charge is -2.16. The molecule has 29 heavy (non-hydrogen) atoms. The molecule has 1 aliphatic carbocycles. The van der Waals surface area contributed by atoms with Gasteiger partial charge in [0.05, 0.1) is 0 Å². The summed E-state index contributed by atoms with van der Waals surface area (Å²) in [6, 6.07) is 9.12. The Labute approximate surface area is 179 Å². The summed E-state index contributed by atoms with van der Waals surface area (Å²) in [7, 11) is 0. The van der Waals surface area contributed by atoms with E-state index in [9.17, 15) is 0 Å². The molecule has 1 atom stereocenters. The fraction of sp³-hybridized carbons (Fsp3) is 0.379. The van der Waals surface area contributed by atoms with E-state index >= 15 is 0 Å². The first-order valence-corrected chi connectivity index (χ1v) is 11.3. The average Bonchev–Trinajstić information content (AvgIpc) is 3.28. The lowest BCUT2D eigenvalue weighted by molar-refractivity contribution is 0.710. The Bertz CT molecular complexity index is 740. The van der Waals surface area contributed by atoms with E-state index < -0.39 is 0 Å². The quantitative estimate of drug-likeness (QED) is 0.236. The van der Waals surface area contributed by atoms with E-state index in [-0.39, 0.29) is 0 Å². The van der Waals surface area contributed by atoms with Gasteiger partial charge in [0.1, 0.15) is 0 Å². The Morgan fingerprint density at radius 1 is 1.07 bits per heavy atom. The van der Waals surface area contributed by atoms with E-state index in [4.69, 9.17) is 0 Å². The molecular formula is C29H38. The van der Waals surface area contributed by atoms with Crippen LogP contribution < -0.4 is 0 Å². The molecule has 1 unspecified atom stereocenters. The third-order valence-electron chi connectivity index (χ3n) is 5.63. The van der Waals surface area contributed by atoms with Crippen molar-refractivity contribution in [3.05, 3.63) is 108 Å². The second-order valence-corrected chi connectivity index (χ2v) is 7.97. The van der Waals surface area contributed by atoms with Gasteiger partial charge >= 0.3 is 0 Å². The molecule has 0 heterocycles. The first-order chi connectivity index (χ1) is 14.2. The molecule has 1 aromatic rings. The smallest absolute Gasteiger partial charge is 0.0201 e. The van der Waals surface area contributed by atoms with Gasteiger partial charge in [0.15, 0.2) is 0 Å². The van der Waals surface area contributed by atoms with Gasteiger partial charge in [-0.25, -0.2) is 0 Å². The van der Waals surface area contributed by atoms with Gasteiger partial charge in [-0.3, -0.25) is 0 Å². The molecule has 0 radical (unpaired) electrons. The summed E-state index contributed by atoms with van der Waals surface area (Å²) in [4.78, 5) is 0. The highest BCUT2D eigenvalue weighted by atomic mass is 14.2. The summed E-state index contributed by atoms with van der Waals surface area (Å²) in [5.41, 5.74) is 5.49. The topological polar surface area (TPSA) is 0 Å². The minimum absolute atomic E-state index is 0.339. The van der Waals surface area contributed by atoms with Crippen LogP contribution in [0.2, 0.25) is 0 Å². The third-order valence-corrected chi connectivity index (χ3v) is 5.63. The predicted molar refractivity (Wildman–Crippen MR) is 130 cm³/mol. The Morgan fingerprint density at radius 3 is 2.38 bits per heavy atom. The number of unbranched alkanes of at least 4 members (excludes halogenated alkanes) is 1. The van der Waals surface area contributed by atoms with Crippen LogP contribution in [0.3, 0.4) is 0 Å². The highest BCUT2D eigenvalue weighted by molar-refractivity contribution is 5.35. The van der Waals surface area contributed by atoms with Crippen molar-refractivity contribution in [3.8, 4) is 0 Å². The maximum absolute atomic E-state index is 4.39. The van der Waals surface area contributed by atoms with Crippen molar-refractivity contribution in [1.29, 1.82) is 0 Å². The maximum atomic E-state index is 4.39. The molecule has 0 heteroatoms. The summed E-state index contributed by atoms with van der Waals surface area (Å²) < 4.78 is 0. The second kappa shape index (κ2) is 13.0. The number of rotatable bonds is 13. The zero-order valence-electron chi connectivity index (χ0n) is 18.4. The molecule has 2 rings (SSSR count). The van der Waals surface area contributed by atoms with Crippen LogP contribution in [0.4, 0.5) is 0 Å². The molecule has 0 nitrogen and oxygen atoms in total. The molecule has 154 valence electrons. The molecule has 1 aromatic carbocycles. The van der Waals surface area contributed by atoms with E-state index in [1.54, 1.807) is 0 Å².